The lowest BCUT2D eigenvalue weighted by Gasteiger charge is -2.26. The molecule has 0 unspecified atom stereocenters. The van der Waals surface area contributed by atoms with E-state index in [1.165, 1.54) is 28.8 Å². The third-order valence-electron chi connectivity index (χ3n) is 5.53. The van der Waals surface area contributed by atoms with Crippen LogP contribution in [-0.4, -0.2) is 17.5 Å². The van der Waals surface area contributed by atoms with Gasteiger partial charge in [-0.3, -0.25) is 10.1 Å². The lowest BCUT2D eigenvalue weighted by atomic mass is 9.78. The lowest BCUT2D eigenvalue weighted by molar-refractivity contribution is -0.118. The number of nitrogens with one attached hydrogen (secondary N) is 1. The van der Waals surface area contributed by atoms with Crippen molar-refractivity contribution in [2.75, 3.05) is 11.9 Å². The number of fused-ring (bicyclic) bond motifs is 1. The van der Waals surface area contributed by atoms with E-state index in [2.05, 4.69) is 60.5 Å². The number of thiazole rings is 1. The van der Waals surface area contributed by atoms with Crippen LogP contribution in [0.15, 0.2) is 54.6 Å². The maximum absolute atomic E-state index is 12.2. The largest absolute Gasteiger partial charge is 0.484 e. The molecule has 150 valence electrons. The molecule has 1 aliphatic rings. The number of ether oxygens (including phenoxy) is 1. The van der Waals surface area contributed by atoms with Crippen molar-refractivity contribution in [3.05, 3.63) is 76.3 Å². The average Bonchev–Trinajstić information content (AvgIpc) is 3.15. The Bertz CT molecular complexity index is 954. The fourth-order valence-corrected chi connectivity index (χ4v) is 4.77. The van der Waals surface area contributed by atoms with Gasteiger partial charge in [-0.05, 0) is 48.9 Å². The normalized spacial score (nSPS) is 13.6. The standard InChI is InChI=1S/C24H26N2O2S/c1-24(2,17-8-4-3-5-9-17)18-12-14-19(15-13-18)28-16-22(27)26-23-25-20-10-6-7-11-21(20)29-23/h3-5,8-9,12-15H,6-7,10-11,16H2,1-2H3,(H,25,26,27). The number of aryl methyl sites for hydroxylation is 2. The number of hydrogen-bond acceptors (Lipinski definition) is 4. The van der Waals surface area contributed by atoms with Crippen LogP contribution >= 0.6 is 11.3 Å². The molecule has 0 fully saturated rings. The first-order valence-electron chi connectivity index (χ1n) is 10.1. The molecule has 1 aliphatic carbocycles. The quantitative estimate of drug-likeness (QED) is 0.599. The van der Waals surface area contributed by atoms with E-state index in [4.69, 9.17) is 4.74 Å². The van der Waals surface area contributed by atoms with E-state index in [0.29, 0.717) is 10.9 Å². The van der Waals surface area contributed by atoms with Crippen molar-refractivity contribution < 1.29 is 9.53 Å². The van der Waals surface area contributed by atoms with Crippen molar-refractivity contribution in [1.29, 1.82) is 0 Å². The fourth-order valence-electron chi connectivity index (χ4n) is 3.70. The van der Waals surface area contributed by atoms with Crippen molar-refractivity contribution in [3.8, 4) is 5.75 Å². The molecular formula is C24H26N2O2S. The van der Waals surface area contributed by atoms with Gasteiger partial charge in [-0.25, -0.2) is 4.98 Å². The number of rotatable bonds is 6. The minimum Gasteiger partial charge on any atom is -0.484 e. The van der Waals surface area contributed by atoms with E-state index < -0.39 is 0 Å². The van der Waals surface area contributed by atoms with Gasteiger partial charge >= 0.3 is 0 Å². The van der Waals surface area contributed by atoms with Gasteiger partial charge < -0.3 is 4.74 Å². The van der Waals surface area contributed by atoms with Gasteiger partial charge in [0.25, 0.3) is 5.91 Å². The van der Waals surface area contributed by atoms with Gasteiger partial charge in [0, 0.05) is 10.3 Å². The van der Waals surface area contributed by atoms with E-state index in [9.17, 15) is 4.79 Å². The van der Waals surface area contributed by atoms with E-state index >= 15 is 0 Å². The predicted molar refractivity (Wildman–Crippen MR) is 118 cm³/mol. The SMILES string of the molecule is CC(C)(c1ccccc1)c1ccc(OCC(=O)Nc2nc3c(s2)CCCC3)cc1. The topological polar surface area (TPSA) is 51.2 Å². The van der Waals surface area contributed by atoms with Gasteiger partial charge in [0.2, 0.25) is 0 Å². The molecule has 0 atom stereocenters. The van der Waals surface area contributed by atoms with Crippen LogP contribution in [0.25, 0.3) is 0 Å². The fraction of sp³-hybridized carbons (Fsp3) is 0.333. The zero-order valence-corrected chi connectivity index (χ0v) is 17.7. The molecule has 0 radical (unpaired) electrons. The zero-order chi connectivity index (χ0) is 20.3. The highest BCUT2D eigenvalue weighted by molar-refractivity contribution is 7.15. The Balaban J connectivity index is 1.34. The van der Waals surface area contributed by atoms with Crippen LogP contribution in [0.2, 0.25) is 0 Å². The first-order chi connectivity index (χ1) is 14.0. The summed E-state index contributed by atoms with van der Waals surface area (Å²) in [4.78, 5) is 18.1. The average molecular weight is 407 g/mol. The molecule has 4 rings (SSSR count). The smallest absolute Gasteiger partial charge is 0.264 e. The number of carbonyl (C=O) groups is 1. The Morgan fingerprint density at radius 2 is 1.72 bits per heavy atom. The van der Waals surface area contributed by atoms with Gasteiger partial charge in [0.05, 0.1) is 5.69 Å². The number of nitrogens with zero attached hydrogens (tertiary/aromatic N) is 1. The highest BCUT2D eigenvalue weighted by atomic mass is 32.1. The number of hydrogen-bond donors (Lipinski definition) is 1. The second-order valence-electron chi connectivity index (χ2n) is 7.95. The van der Waals surface area contributed by atoms with Crippen molar-refractivity contribution in [2.45, 2.75) is 44.9 Å². The first-order valence-corrected chi connectivity index (χ1v) is 10.9. The maximum Gasteiger partial charge on any atom is 0.264 e. The van der Waals surface area contributed by atoms with Crippen LogP contribution in [0.5, 0.6) is 5.75 Å². The summed E-state index contributed by atoms with van der Waals surface area (Å²) >= 11 is 1.59. The van der Waals surface area contributed by atoms with E-state index in [1.54, 1.807) is 11.3 Å². The summed E-state index contributed by atoms with van der Waals surface area (Å²) in [6, 6.07) is 18.4. The van der Waals surface area contributed by atoms with Crippen LogP contribution in [0, 0.1) is 0 Å². The van der Waals surface area contributed by atoms with E-state index in [1.807, 2.05) is 18.2 Å². The highest BCUT2D eigenvalue weighted by Crippen LogP contribution is 2.32. The molecular weight excluding hydrogens is 380 g/mol. The summed E-state index contributed by atoms with van der Waals surface area (Å²) in [6.45, 7) is 4.39. The van der Waals surface area contributed by atoms with Crippen LogP contribution in [0.3, 0.4) is 0 Å². The Morgan fingerprint density at radius 3 is 2.45 bits per heavy atom. The molecule has 29 heavy (non-hydrogen) atoms. The molecule has 0 bridgehead atoms. The number of carbonyl (C=O) groups excluding carboxylic acids is 1. The zero-order valence-electron chi connectivity index (χ0n) is 16.9. The summed E-state index contributed by atoms with van der Waals surface area (Å²) in [6.07, 6.45) is 4.49. The lowest BCUT2D eigenvalue weighted by Crippen LogP contribution is -2.20. The number of amides is 1. The second-order valence-corrected chi connectivity index (χ2v) is 9.03. The minimum absolute atomic E-state index is 0.0222. The van der Waals surface area contributed by atoms with Crippen molar-refractivity contribution in [1.82, 2.24) is 4.98 Å². The minimum atomic E-state index is -0.176. The summed E-state index contributed by atoms with van der Waals surface area (Å²) in [7, 11) is 0. The molecule has 0 saturated heterocycles. The number of aromatic nitrogens is 1. The van der Waals surface area contributed by atoms with Crippen molar-refractivity contribution in [2.24, 2.45) is 0 Å². The Hall–Kier alpha value is -2.66. The van der Waals surface area contributed by atoms with Gasteiger partial charge in [-0.1, -0.05) is 56.3 Å². The van der Waals surface area contributed by atoms with Crippen molar-refractivity contribution >= 4 is 22.4 Å². The monoisotopic (exact) mass is 406 g/mol. The third kappa shape index (κ3) is 4.51. The summed E-state index contributed by atoms with van der Waals surface area (Å²) < 4.78 is 5.68. The molecule has 3 aromatic rings. The molecule has 4 nitrogen and oxygen atoms in total. The second kappa shape index (κ2) is 8.37. The summed E-state index contributed by atoms with van der Waals surface area (Å²) in [5.74, 6) is 0.510. The molecule has 1 N–H and O–H groups in total. The maximum atomic E-state index is 12.2. The Labute approximate surface area is 176 Å². The molecule has 1 amide bonds. The van der Waals surface area contributed by atoms with Crippen LogP contribution in [0.4, 0.5) is 5.13 Å². The molecule has 0 spiro atoms. The third-order valence-corrected chi connectivity index (χ3v) is 6.61. The van der Waals surface area contributed by atoms with Crippen molar-refractivity contribution in [3.63, 3.8) is 0 Å². The molecule has 1 heterocycles. The molecule has 5 heteroatoms. The number of anilines is 1. The summed E-state index contributed by atoms with van der Waals surface area (Å²) in [5, 5.41) is 3.56. The van der Waals surface area contributed by atoms with Gasteiger partial charge in [-0.15, -0.1) is 11.3 Å². The highest BCUT2D eigenvalue weighted by Gasteiger charge is 2.22. The molecule has 1 aromatic heterocycles. The van der Waals surface area contributed by atoms with E-state index in [-0.39, 0.29) is 17.9 Å². The van der Waals surface area contributed by atoms with E-state index in [0.717, 1.165) is 18.5 Å². The van der Waals surface area contributed by atoms with Gasteiger partial charge in [-0.2, -0.15) is 0 Å². The molecule has 0 aliphatic heterocycles. The van der Waals surface area contributed by atoms with Gasteiger partial charge in [0.15, 0.2) is 11.7 Å². The molecule has 0 saturated carbocycles. The predicted octanol–water partition coefficient (Wildman–Crippen LogP) is 5.37. The number of benzene rings is 2. The Kier molecular flexibility index (Phi) is 5.67. The molecule has 2 aromatic carbocycles. The van der Waals surface area contributed by atoms with Crippen LogP contribution in [-0.2, 0) is 23.1 Å². The summed E-state index contributed by atoms with van der Waals surface area (Å²) in [5.41, 5.74) is 3.52. The van der Waals surface area contributed by atoms with Crippen LogP contribution in [0.1, 0.15) is 48.4 Å². The van der Waals surface area contributed by atoms with Gasteiger partial charge in [0.1, 0.15) is 5.75 Å². The Morgan fingerprint density at radius 1 is 1.03 bits per heavy atom. The van der Waals surface area contributed by atoms with Crippen LogP contribution < -0.4 is 10.1 Å². The first kappa shape index (κ1) is 19.6.